The molecule has 2 saturated heterocycles. The third-order valence-electron chi connectivity index (χ3n) is 6.30. The average molecular weight is 372 g/mol. The summed E-state index contributed by atoms with van der Waals surface area (Å²) in [6.45, 7) is 1.05. The molecule has 1 aromatic carbocycles. The zero-order valence-corrected chi connectivity index (χ0v) is 15.9. The molecule has 0 radical (unpaired) electrons. The fraction of sp³-hybridized carbons (Fsp3) is 0.571. The number of aliphatic carboxylic acids is 1. The molecule has 2 aliphatic heterocycles. The van der Waals surface area contributed by atoms with E-state index in [9.17, 15) is 19.5 Å². The van der Waals surface area contributed by atoms with Crippen molar-refractivity contribution in [1.29, 1.82) is 0 Å². The first kappa shape index (κ1) is 19.4. The van der Waals surface area contributed by atoms with Gasteiger partial charge in [0.2, 0.25) is 11.8 Å². The monoisotopic (exact) mass is 372 g/mol. The summed E-state index contributed by atoms with van der Waals surface area (Å²) in [5.74, 6) is -1.55. The number of likely N-dealkylation sites (tertiary alicyclic amines) is 2. The molecule has 1 unspecified atom stereocenters. The highest BCUT2D eigenvalue weighted by Gasteiger charge is 2.55. The summed E-state index contributed by atoms with van der Waals surface area (Å²) in [5.41, 5.74) is 0.658. The van der Waals surface area contributed by atoms with E-state index < -0.39 is 17.4 Å². The number of hydrogen-bond donors (Lipinski definition) is 1. The number of carboxylic acids is 1. The number of piperidine rings is 1. The van der Waals surface area contributed by atoms with E-state index in [2.05, 4.69) is 12.1 Å². The molecule has 1 atom stereocenters. The molecule has 1 aromatic rings. The highest BCUT2D eigenvalue weighted by molar-refractivity contribution is 5.88. The van der Waals surface area contributed by atoms with E-state index in [4.69, 9.17) is 0 Å². The van der Waals surface area contributed by atoms with Crippen LogP contribution in [0.5, 0.6) is 0 Å². The van der Waals surface area contributed by atoms with Gasteiger partial charge < -0.3 is 14.9 Å². The van der Waals surface area contributed by atoms with E-state index >= 15 is 0 Å². The summed E-state index contributed by atoms with van der Waals surface area (Å²) in [6, 6.07) is 10.3. The minimum absolute atomic E-state index is 0.0687. The van der Waals surface area contributed by atoms with Gasteiger partial charge in [-0.2, -0.15) is 0 Å². The standard InChI is InChI=1S/C21H28N2O4/c1-22-19(25)15-17(20(26)27)21(22)11-13-23(14-12-21)18(24)10-6-5-9-16-7-3-2-4-8-16/h2-4,7-8,17H,5-6,9-15H2,1H3,(H,26,27). The van der Waals surface area contributed by atoms with Crippen molar-refractivity contribution in [3.63, 3.8) is 0 Å². The maximum Gasteiger partial charge on any atom is 0.309 e. The van der Waals surface area contributed by atoms with Crippen LogP contribution in [0.15, 0.2) is 30.3 Å². The lowest BCUT2D eigenvalue weighted by Crippen LogP contribution is -2.56. The number of carbonyl (C=O) groups is 3. The third-order valence-corrected chi connectivity index (χ3v) is 6.30. The molecular weight excluding hydrogens is 344 g/mol. The molecule has 3 rings (SSSR count). The van der Waals surface area contributed by atoms with Gasteiger partial charge in [0.1, 0.15) is 0 Å². The van der Waals surface area contributed by atoms with Gasteiger partial charge in [-0.05, 0) is 37.7 Å². The normalized spacial score (nSPS) is 21.7. The number of unbranched alkanes of at least 4 members (excludes halogenated alkanes) is 1. The van der Waals surface area contributed by atoms with Gasteiger partial charge in [-0.25, -0.2) is 0 Å². The summed E-state index contributed by atoms with van der Waals surface area (Å²) in [5, 5.41) is 9.52. The smallest absolute Gasteiger partial charge is 0.309 e. The minimum Gasteiger partial charge on any atom is -0.481 e. The van der Waals surface area contributed by atoms with Gasteiger partial charge in [0.25, 0.3) is 0 Å². The first-order valence-electron chi connectivity index (χ1n) is 9.75. The Balaban J connectivity index is 1.47. The molecule has 0 aliphatic carbocycles. The Kier molecular flexibility index (Phi) is 5.82. The molecule has 0 bridgehead atoms. The molecule has 6 heteroatoms. The number of carbonyl (C=O) groups excluding carboxylic acids is 2. The van der Waals surface area contributed by atoms with Crippen molar-refractivity contribution >= 4 is 17.8 Å². The van der Waals surface area contributed by atoms with Gasteiger partial charge in [0, 0.05) is 33.0 Å². The Bertz CT molecular complexity index is 695. The Labute approximate surface area is 160 Å². The van der Waals surface area contributed by atoms with E-state index in [0.29, 0.717) is 32.4 Å². The number of hydrogen-bond acceptors (Lipinski definition) is 3. The van der Waals surface area contributed by atoms with Crippen LogP contribution in [-0.2, 0) is 20.8 Å². The van der Waals surface area contributed by atoms with Crippen LogP contribution >= 0.6 is 0 Å². The van der Waals surface area contributed by atoms with Crippen molar-refractivity contribution in [2.24, 2.45) is 5.92 Å². The summed E-state index contributed by atoms with van der Waals surface area (Å²) in [6.07, 6.45) is 4.49. The molecule has 2 fully saturated rings. The van der Waals surface area contributed by atoms with Crippen molar-refractivity contribution in [2.45, 2.75) is 50.5 Å². The molecule has 1 N–H and O–H groups in total. The third kappa shape index (κ3) is 3.99. The van der Waals surface area contributed by atoms with Crippen LogP contribution in [0.2, 0.25) is 0 Å². The van der Waals surface area contributed by atoms with Gasteiger partial charge in [0.05, 0.1) is 11.5 Å². The van der Waals surface area contributed by atoms with Crippen molar-refractivity contribution in [3.05, 3.63) is 35.9 Å². The zero-order valence-electron chi connectivity index (χ0n) is 15.9. The van der Waals surface area contributed by atoms with Crippen LogP contribution in [0.4, 0.5) is 0 Å². The van der Waals surface area contributed by atoms with Crippen molar-refractivity contribution < 1.29 is 19.5 Å². The molecule has 146 valence electrons. The SMILES string of the molecule is CN1C(=O)CC(C(=O)O)C12CCN(C(=O)CCCCc1ccccc1)CC2. The maximum absolute atomic E-state index is 12.5. The van der Waals surface area contributed by atoms with Gasteiger partial charge in [-0.3, -0.25) is 14.4 Å². The molecule has 1 spiro atoms. The lowest BCUT2D eigenvalue weighted by Gasteiger charge is -2.45. The van der Waals surface area contributed by atoms with E-state index in [1.165, 1.54) is 5.56 Å². The summed E-state index contributed by atoms with van der Waals surface area (Å²) < 4.78 is 0. The number of carboxylic acid groups (broad SMARTS) is 1. The highest BCUT2D eigenvalue weighted by Crippen LogP contribution is 2.42. The van der Waals surface area contributed by atoms with Crippen LogP contribution in [0.1, 0.15) is 44.1 Å². The Morgan fingerprint density at radius 2 is 1.81 bits per heavy atom. The van der Waals surface area contributed by atoms with Crippen LogP contribution in [0.3, 0.4) is 0 Å². The molecule has 0 saturated carbocycles. The van der Waals surface area contributed by atoms with E-state index in [0.717, 1.165) is 19.3 Å². The van der Waals surface area contributed by atoms with Gasteiger partial charge in [-0.1, -0.05) is 30.3 Å². The first-order valence-corrected chi connectivity index (χ1v) is 9.75. The van der Waals surface area contributed by atoms with Crippen molar-refractivity contribution in [2.75, 3.05) is 20.1 Å². The largest absolute Gasteiger partial charge is 0.481 e. The van der Waals surface area contributed by atoms with E-state index in [1.807, 2.05) is 23.1 Å². The Hall–Kier alpha value is -2.37. The second-order valence-corrected chi connectivity index (χ2v) is 7.72. The maximum atomic E-state index is 12.5. The van der Waals surface area contributed by atoms with Gasteiger partial charge in [-0.15, -0.1) is 0 Å². The predicted octanol–water partition coefficient (Wildman–Crippen LogP) is 2.32. The predicted molar refractivity (Wildman–Crippen MR) is 101 cm³/mol. The first-order chi connectivity index (χ1) is 12.9. The zero-order chi connectivity index (χ0) is 19.4. The number of rotatable bonds is 6. The molecule has 27 heavy (non-hydrogen) atoms. The fourth-order valence-electron chi connectivity index (χ4n) is 4.54. The molecule has 6 nitrogen and oxygen atoms in total. The number of nitrogens with zero attached hydrogens (tertiary/aromatic N) is 2. The molecule has 2 aliphatic rings. The van der Waals surface area contributed by atoms with Gasteiger partial charge in [0.15, 0.2) is 0 Å². The number of aryl methyl sites for hydroxylation is 1. The van der Waals surface area contributed by atoms with Crippen LogP contribution < -0.4 is 0 Å². The van der Waals surface area contributed by atoms with E-state index in [-0.39, 0.29) is 18.2 Å². The quantitative estimate of drug-likeness (QED) is 0.778. The fourth-order valence-corrected chi connectivity index (χ4v) is 4.54. The lowest BCUT2D eigenvalue weighted by molar-refractivity contribution is -0.147. The second-order valence-electron chi connectivity index (χ2n) is 7.72. The molecular formula is C21H28N2O4. The average Bonchev–Trinajstić information content (AvgIpc) is 2.92. The summed E-state index contributed by atoms with van der Waals surface area (Å²) in [7, 11) is 1.70. The molecule has 2 amide bonds. The minimum atomic E-state index is -0.909. The van der Waals surface area contributed by atoms with Gasteiger partial charge >= 0.3 is 5.97 Å². The van der Waals surface area contributed by atoms with Crippen molar-refractivity contribution in [1.82, 2.24) is 9.80 Å². The van der Waals surface area contributed by atoms with Crippen LogP contribution in [-0.4, -0.2) is 58.4 Å². The van der Waals surface area contributed by atoms with Crippen molar-refractivity contribution in [3.8, 4) is 0 Å². The van der Waals surface area contributed by atoms with E-state index in [1.54, 1.807) is 11.9 Å². The van der Waals surface area contributed by atoms with Crippen LogP contribution in [0, 0.1) is 5.92 Å². The Morgan fingerprint density at radius 1 is 1.15 bits per heavy atom. The molecule has 0 aromatic heterocycles. The highest BCUT2D eigenvalue weighted by atomic mass is 16.4. The van der Waals surface area contributed by atoms with Crippen LogP contribution in [0.25, 0.3) is 0 Å². The Morgan fingerprint density at radius 3 is 2.44 bits per heavy atom. The molecule has 2 heterocycles. The summed E-state index contributed by atoms with van der Waals surface area (Å²) in [4.78, 5) is 39.6. The lowest BCUT2D eigenvalue weighted by atomic mass is 9.77. The second kappa shape index (κ2) is 8.11. The number of amides is 2. The number of benzene rings is 1. The topological polar surface area (TPSA) is 77.9 Å². The summed E-state index contributed by atoms with van der Waals surface area (Å²) >= 11 is 0.